The lowest BCUT2D eigenvalue weighted by Crippen LogP contribution is -2.08. The monoisotopic (exact) mass is 258 g/mol. The predicted octanol–water partition coefficient (Wildman–Crippen LogP) is 2.36. The molecular weight excluding hydrogens is 243 g/mol. The van der Waals surface area contributed by atoms with E-state index < -0.39 is 15.7 Å². The van der Waals surface area contributed by atoms with E-state index in [0.717, 1.165) is 12.1 Å². The Bertz CT molecular complexity index is 477. The summed E-state index contributed by atoms with van der Waals surface area (Å²) in [4.78, 5) is 11.1. The number of halogens is 1. The zero-order valence-corrected chi connectivity index (χ0v) is 10.5. The fraction of sp³-hybridized carbons (Fsp3) is 0.417. The van der Waals surface area contributed by atoms with Crippen molar-refractivity contribution >= 4 is 15.6 Å². The maximum absolute atomic E-state index is 12.6. The van der Waals surface area contributed by atoms with E-state index in [9.17, 15) is 17.6 Å². The summed E-state index contributed by atoms with van der Waals surface area (Å²) < 4.78 is 36.2. The molecule has 0 aliphatic rings. The van der Waals surface area contributed by atoms with Gasteiger partial charge in [0.2, 0.25) is 0 Å². The largest absolute Gasteiger partial charge is 0.300 e. The zero-order chi connectivity index (χ0) is 12.9. The van der Waals surface area contributed by atoms with E-state index in [4.69, 9.17) is 0 Å². The smallest absolute Gasteiger partial charge is 0.178 e. The van der Waals surface area contributed by atoms with Crippen LogP contribution in [-0.4, -0.2) is 20.0 Å². The molecule has 17 heavy (non-hydrogen) atoms. The number of ketones is 1. The highest BCUT2D eigenvalue weighted by molar-refractivity contribution is 7.91. The molecule has 0 saturated heterocycles. The molecule has 5 heteroatoms. The quantitative estimate of drug-likeness (QED) is 0.736. The van der Waals surface area contributed by atoms with E-state index in [1.807, 2.05) is 0 Å². The van der Waals surface area contributed by atoms with Crippen molar-refractivity contribution in [3.05, 3.63) is 30.1 Å². The Morgan fingerprint density at radius 3 is 2.35 bits per heavy atom. The van der Waals surface area contributed by atoms with Crippen LogP contribution in [0.5, 0.6) is 0 Å². The number of carbonyl (C=O) groups excluding carboxylic acids is 1. The van der Waals surface area contributed by atoms with Crippen LogP contribution in [0.2, 0.25) is 0 Å². The van der Waals surface area contributed by atoms with E-state index in [-0.39, 0.29) is 22.9 Å². The van der Waals surface area contributed by atoms with Crippen LogP contribution in [-0.2, 0) is 14.6 Å². The lowest BCUT2D eigenvalue weighted by atomic mass is 10.2. The summed E-state index contributed by atoms with van der Waals surface area (Å²) in [6, 6.07) is 4.72. The van der Waals surface area contributed by atoms with Gasteiger partial charge in [-0.05, 0) is 30.7 Å². The first-order chi connectivity index (χ1) is 7.95. The van der Waals surface area contributed by atoms with Gasteiger partial charge in [0.15, 0.2) is 9.84 Å². The van der Waals surface area contributed by atoms with Crippen LogP contribution in [0.3, 0.4) is 0 Å². The summed E-state index contributed by atoms with van der Waals surface area (Å²) in [7, 11) is -3.40. The van der Waals surface area contributed by atoms with Crippen LogP contribution in [0.1, 0.15) is 26.2 Å². The zero-order valence-electron chi connectivity index (χ0n) is 9.65. The van der Waals surface area contributed by atoms with Crippen molar-refractivity contribution in [2.24, 2.45) is 0 Å². The normalized spacial score (nSPS) is 11.4. The third-order valence-corrected chi connectivity index (χ3v) is 4.25. The Hall–Kier alpha value is -1.23. The molecule has 1 aromatic rings. The molecular formula is C12H15FO3S. The molecule has 0 unspecified atom stereocenters. The Kier molecular flexibility index (Phi) is 4.81. The molecule has 0 atom stereocenters. The number of Topliss-reactive ketones (excluding diaryl/α,β-unsaturated/α-hetero) is 1. The summed E-state index contributed by atoms with van der Waals surface area (Å²) in [6.07, 6.45) is 1.01. The highest BCUT2D eigenvalue weighted by Gasteiger charge is 2.14. The van der Waals surface area contributed by atoms with Crippen LogP contribution in [0, 0.1) is 5.82 Å². The first-order valence-electron chi connectivity index (χ1n) is 5.45. The summed E-state index contributed by atoms with van der Waals surface area (Å²) >= 11 is 0. The van der Waals surface area contributed by atoms with Gasteiger partial charge in [-0.3, -0.25) is 4.79 Å². The van der Waals surface area contributed by atoms with Gasteiger partial charge >= 0.3 is 0 Å². The first kappa shape index (κ1) is 13.8. The maximum atomic E-state index is 12.6. The van der Waals surface area contributed by atoms with Crippen molar-refractivity contribution in [2.45, 2.75) is 31.1 Å². The molecule has 1 rings (SSSR count). The Balaban J connectivity index is 2.63. The minimum Gasteiger partial charge on any atom is -0.300 e. The summed E-state index contributed by atoms with van der Waals surface area (Å²) in [5.41, 5.74) is 0. The average Bonchev–Trinajstić information content (AvgIpc) is 2.29. The third-order valence-electron chi connectivity index (χ3n) is 2.44. The summed E-state index contributed by atoms with van der Waals surface area (Å²) in [5.74, 6) is -0.492. The van der Waals surface area contributed by atoms with Crippen LogP contribution in [0.4, 0.5) is 4.39 Å². The highest BCUT2D eigenvalue weighted by atomic mass is 32.2. The fourth-order valence-corrected chi connectivity index (χ4v) is 2.71. The van der Waals surface area contributed by atoms with Gasteiger partial charge in [0.05, 0.1) is 10.6 Å². The minimum atomic E-state index is -3.40. The molecule has 1 aromatic carbocycles. The molecule has 0 heterocycles. The molecule has 0 spiro atoms. The number of sulfone groups is 1. The molecule has 0 saturated carbocycles. The fourth-order valence-electron chi connectivity index (χ4n) is 1.40. The van der Waals surface area contributed by atoms with Crippen LogP contribution in [0.15, 0.2) is 29.2 Å². The van der Waals surface area contributed by atoms with E-state index >= 15 is 0 Å². The molecule has 0 fully saturated rings. The molecule has 0 aromatic heterocycles. The maximum Gasteiger partial charge on any atom is 0.178 e. The van der Waals surface area contributed by atoms with Crippen molar-refractivity contribution < 1.29 is 17.6 Å². The standard InChI is InChI=1S/C12H15FO3S/c1-2-11(14)4-3-9-17(15,16)12-7-5-10(13)6-8-12/h5-8H,2-4,9H2,1H3. The predicted molar refractivity (Wildman–Crippen MR) is 63.0 cm³/mol. The van der Waals surface area contributed by atoms with Crippen molar-refractivity contribution in [3.8, 4) is 0 Å². The SMILES string of the molecule is CCC(=O)CCCS(=O)(=O)c1ccc(F)cc1. The molecule has 0 radical (unpaired) electrons. The first-order valence-corrected chi connectivity index (χ1v) is 7.11. The lowest BCUT2D eigenvalue weighted by molar-refractivity contribution is -0.118. The highest BCUT2D eigenvalue weighted by Crippen LogP contribution is 2.13. The molecule has 0 N–H and O–H groups in total. The van der Waals surface area contributed by atoms with Gasteiger partial charge in [-0.2, -0.15) is 0 Å². The molecule has 0 bridgehead atoms. The molecule has 0 amide bonds. The second kappa shape index (κ2) is 5.91. The van der Waals surface area contributed by atoms with Crippen molar-refractivity contribution in [3.63, 3.8) is 0 Å². The number of carbonyl (C=O) groups is 1. The Labute approximate surface area is 101 Å². The van der Waals surface area contributed by atoms with E-state index in [1.54, 1.807) is 6.92 Å². The van der Waals surface area contributed by atoms with Gasteiger partial charge in [-0.15, -0.1) is 0 Å². The third kappa shape index (κ3) is 4.26. The van der Waals surface area contributed by atoms with Gasteiger partial charge in [0.25, 0.3) is 0 Å². The van der Waals surface area contributed by atoms with E-state index in [2.05, 4.69) is 0 Å². The van der Waals surface area contributed by atoms with Gasteiger partial charge < -0.3 is 0 Å². The van der Waals surface area contributed by atoms with E-state index in [1.165, 1.54) is 12.1 Å². The minimum absolute atomic E-state index is 0.0549. The van der Waals surface area contributed by atoms with Crippen molar-refractivity contribution in [2.75, 3.05) is 5.75 Å². The molecule has 3 nitrogen and oxygen atoms in total. The second-order valence-electron chi connectivity index (χ2n) is 3.77. The van der Waals surface area contributed by atoms with Crippen LogP contribution in [0.25, 0.3) is 0 Å². The Morgan fingerprint density at radius 2 is 1.82 bits per heavy atom. The molecule has 0 aliphatic heterocycles. The van der Waals surface area contributed by atoms with Crippen LogP contribution >= 0.6 is 0 Å². The summed E-state index contributed by atoms with van der Waals surface area (Å²) in [6.45, 7) is 1.75. The topological polar surface area (TPSA) is 51.2 Å². The Morgan fingerprint density at radius 1 is 1.24 bits per heavy atom. The van der Waals surface area contributed by atoms with Gasteiger partial charge in [0.1, 0.15) is 11.6 Å². The second-order valence-corrected chi connectivity index (χ2v) is 5.88. The number of hydrogen-bond acceptors (Lipinski definition) is 3. The molecule has 0 aliphatic carbocycles. The van der Waals surface area contributed by atoms with E-state index in [0.29, 0.717) is 12.8 Å². The average molecular weight is 258 g/mol. The molecule has 94 valence electrons. The lowest BCUT2D eigenvalue weighted by Gasteiger charge is -2.03. The number of hydrogen-bond donors (Lipinski definition) is 0. The van der Waals surface area contributed by atoms with Crippen molar-refractivity contribution in [1.82, 2.24) is 0 Å². The van der Waals surface area contributed by atoms with Crippen molar-refractivity contribution in [1.29, 1.82) is 0 Å². The number of benzene rings is 1. The van der Waals surface area contributed by atoms with Gasteiger partial charge in [-0.1, -0.05) is 6.92 Å². The van der Waals surface area contributed by atoms with Gasteiger partial charge in [-0.25, -0.2) is 12.8 Å². The van der Waals surface area contributed by atoms with Crippen LogP contribution < -0.4 is 0 Å². The van der Waals surface area contributed by atoms with Gasteiger partial charge in [0, 0.05) is 12.8 Å². The summed E-state index contributed by atoms with van der Waals surface area (Å²) in [5, 5.41) is 0. The number of rotatable bonds is 6.